The fraction of sp³-hybridized carbons (Fsp3) is 0.625. The molecule has 8 nitrogen and oxygen atoms in total. The Kier molecular flexibility index (Phi) is 4.92. The summed E-state index contributed by atoms with van der Waals surface area (Å²) in [5, 5.41) is 0. The molecule has 1 aliphatic heterocycles. The lowest BCUT2D eigenvalue weighted by atomic mass is 10.2. The van der Waals surface area contributed by atoms with Gasteiger partial charge >= 0.3 is 25.2 Å². The fourth-order valence-corrected chi connectivity index (χ4v) is 1.02. The number of hydrogen-bond donors (Lipinski definition) is 0. The maximum Gasteiger partial charge on any atom is 0.716 e. The molecule has 0 bridgehead atoms. The Labute approximate surface area is 97.3 Å². The molecule has 0 amide bonds. The summed E-state index contributed by atoms with van der Waals surface area (Å²) in [5.74, 6) is -3.07. The maximum absolute atomic E-state index is 11.2. The largest absolute Gasteiger partial charge is 0.716 e. The molecule has 1 rings (SSSR count). The number of hydrogen-bond acceptors (Lipinski definition) is 8. The Balaban J connectivity index is 2.38. The Morgan fingerprint density at radius 1 is 1.35 bits per heavy atom. The van der Waals surface area contributed by atoms with E-state index in [0.717, 1.165) is 7.11 Å². The lowest BCUT2D eigenvalue weighted by Gasteiger charge is -2.07. The molecule has 0 spiro atoms. The van der Waals surface area contributed by atoms with Crippen molar-refractivity contribution in [2.24, 2.45) is 0 Å². The van der Waals surface area contributed by atoms with Crippen LogP contribution in [0.1, 0.15) is 6.92 Å². The van der Waals surface area contributed by atoms with Crippen LogP contribution in [-0.2, 0) is 37.8 Å². The highest BCUT2D eigenvalue weighted by Crippen LogP contribution is 2.11. The van der Waals surface area contributed by atoms with E-state index in [1.54, 1.807) is 6.92 Å². The highest BCUT2D eigenvalue weighted by atomic mass is 16.8. The van der Waals surface area contributed by atoms with E-state index in [2.05, 4.69) is 14.1 Å². The second-order valence-corrected chi connectivity index (χ2v) is 2.90. The van der Waals surface area contributed by atoms with Gasteiger partial charge in [0.1, 0.15) is 0 Å². The van der Waals surface area contributed by atoms with Gasteiger partial charge in [0, 0.05) is 0 Å². The van der Waals surface area contributed by atoms with Crippen LogP contribution in [0.4, 0.5) is 0 Å². The standard InChI is InChI=1S/C8H11BO8/c1-3-14-6(10)5-4-15-9(16-5)17-8(12)7(11)13-2/h5H,3-4H2,1-2H3. The summed E-state index contributed by atoms with van der Waals surface area (Å²) in [5.41, 5.74) is 0. The van der Waals surface area contributed by atoms with Crippen LogP contribution in [-0.4, -0.2) is 51.7 Å². The van der Waals surface area contributed by atoms with Crippen LogP contribution < -0.4 is 0 Å². The second kappa shape index (κ2) is 6.21. The topological polar surface area (TPSA) is 97.4 Å². The highest BCUT2D eigenvalue weighted by molar-refractivity contribution is 6.46. The van der Waals surface area contributed by atoms with Crippen LogP contribution in [0.15, 0.2) is 0 Å². The van der Waals surface area contributed by atoms with Gasteiger partial charge in [-0.1, -0.05) is 0 Å². The number of carbonyl (C=O) groups is 3. The van der Waals surface area contributed by atoms with E-state index in [-0.39, 0.29) is 13.2 Å². The van der Waals surface area contributed by atoms with Crippen molar-refractivity contribution < 1.29 is 37.8 Å². The van der Waals surface area contributed by atoms with Crippen LogP contribution in [0.3, 0.4) is 0 Å². The average molecular weight is 246 g/mol. The van der Waals surface area contributed by atoms with Crippen molar-refractivity contribution in [2.75, 3.05) is 20.3 Å². The summed E-state index contributed by atoms with van der Waals surface area (Å²) in [6, 6.07) is 0. The Bertz CT molecular complexity index is 317. The summed E-state index contributed by atoms with van der Waals surface area (Å²) in [6.45, 7) is 1.73. The molecule has 94 valence electrons. The normalized spacial score (nSPS) is 18.7. The number of carbonyl (C=O) groups excluding carboxylic acids is 3. The Hall–Kier alpha value is -1.61. The maximum atomic E-state index is 11.2. The van der Waals surface area contributed by atoms with Crippen molar-refractivity contribution in [2.45, 2.75) is 13.0 Å². The zero-order valence-corrected chi connectivity index (χ0v) is 9.33. The van der Waals surface area contributed by atoms with Gasteiger partial charge in [-0.05, 0) is 6.92 Å². The molecule has 1 fully saturated rings. The molecule has 0 aromatic rings. The summed E-state index contributed by atoms with van der Waals surface area (Å²) >= 11 is 0. The van der Waals surface area contributed by atoms with E-state index in [9.17, 15) is 14.4 Å². The summed E-state index contributed by atoms with van der Waals surface area (Å²) in [6.07, 6.45) is -0.967. The van der Waals surface area contributed by atoms with Gasteiger partial charge in [0.2, 0.25) is 0 Å². The van der Waals surface area contributed by atoms with Gasteiger partial charge in [-0.2, -0.15) is 0 Å². The molecule has 1 saturated heterocycles. The van der Waals surface area contributed by atoms with Crippen molar-refractivity contribution in [3.63, 3.8) is 0 Å². The van der Waals surface area contributed by atoms with Crippen molar-refractivity contribution in [1.29, 1.82) is 0 Å². The molecule has 0 aromatic carbocycles. The first kappa shape index (κ1) is 13.5. The molecule has 17 heavy (non-hydrogen) atoms. The smallest absolute Gasteiger partial charge is 0.476 e. The summed E-state index contributed by atoms with van der Waals surface area (Å²) in [7, 11) is -0.377. The molecule has 1 heterocycles. The van der Waals surface area contributed by atoms with E-state index in [0.29, 0.717) is 0 Å². The predicted molar refractivity (Wildman–Crippen MR) is 51.3 cm³/mol. The van der Waals surface area contributed by atoms with E-state index in [1.807, 2.05) is 0 Å². The van der Waals surface area contributed by atoms with Gasteiger partial charge in [0.25, 0.3) is 0 Å². The molecule has 0 N–H and O–H groups in total. The highest BCUT2D eigenvalue weighted by Gasteiger charge is 2.42. The Morgan fingerprint density at radius 3 is 2.65 bits per heavy atom. The van der Waals surface area contributed by atoms with Crippen LogP contribution >= 0.6 is 0 Å². The van der Waals surface area contributed by atoms with Gasteiger partial charge in [0.15, 0.2) is 6.10 Å². The van der Waals surface area contributed by atoms with Crippen molar-refractivity contribution in [1.82, 2.24) is 0 Å². The van der Waals surface area contributed by atoms with Crippen molar-refractivity contribution in [3.8, 4) is 0 Å². The molecule has 0 aliphatic carbocycles. The van der Waals surface area contributed by atoms with E-state index in [4.69, 9.17) is 9.31 Å². The van der Waals surface area contributed by atoms with Crippen molar-refractivity contribution >= 4 is 25.2 Å². The number of rotatable bonds is 3. The third kappa shape index (κ3) is 3.72. The van der Waals surface area contributed by atoms with Gasteiger partial charge in [-0.15, -0.1) is 0 Å². The predicted octanol–water partition coefficient (Wildman–Crippen LogP) is -1.33. The molecule has 0 aromatic heterocycles. The first-order valence-corrected chi connectivity index (χ1v) is 4.81. The zero-order chi connectivity index (χ0) is 12.8. The third-order valence-electron chi connectivity index (χ3n) is 1.76. The molecule has 1 aliphatic rings. The molecule has 9 heteroatoms. The first-order valence-electron chi connectivity index (χ1n) is 4.81. The minimum absolute atomic E-state index is 0.113. The van der Waals surface area contributed by atoms with Gasteiger partial charge in [-0.25, -0.2) is 14.4 Å². The molecule has 1 unspecified atom stereocenters. The SMILES string of the molecule is CCOC(=O)C1COB(OC(=O)C(=O)OC)O1. The second-order valence-electron chi connectivity index (χ2n) is 2.90. The van der Waals surface area contributed by atoms with Crippen LogP contribution in [0.5, 0.6) is 0 Å². The number of esters is 2. The zero-order valence-electron chi connectivity index (χ0n) is 9.33. The lowest BCUT2D eigenvalue weighted by molar-refractivity contribution is -0.162. The summed E-state index contributed by atoms with van der Waals surface area (Å²) in [4.78, 5) is 32.9. The molecule has 1 atom stereocenters. The quantitative estimate of drug-likeness (QED) is 0.343. The third-order valence-corrected chi connectivity index (χ3v) is 1.76. The van der Waals surface area contributed by atoms with E-state index in [1.165, 1.54) is 0 Å². The fourth-order valence-electron chi connectivity index (χ4n) is 1.02. The molecule has 0 radical (unpaired) electrons. The first-order chi connectivity index (χ1) is 8.08. The van der Waals surface area contributed by atoms with Crippen molar-refractivity contribution in [3.05, 3.63) is 0 Å². The Morgan fingerprint density at radius 2 is 2.06 bits per heavy atom. The van der Waals surface area contributed by atoms with Crippen LogP contribution in [0, 0.1) is 0 Å². The van der Waals surface area contributed by atoms with Crippen LogP contribution in [0.2, 0.25) is 0 Å². The van der Waals surface area contributed by atoms with Crippen LogP contribution in [0.25, 0.3) is 0 Å². The van der Waals surface area contributed by atoms with Gasteiger partial charge < -0.3 is 23.4 Å². The van der Waals surface area contributed by atoms with Gasteiger partial charge in [-0.3, -0.25) is 0 Å². The number of methoxy groups -OCH3 is 1. The lowest BCUT2D eigenvalue weighted by Crippen LogP contribution is -2.32. The minimum Gasteiger partial charge on any atom is -0.476 e. The molecular weight excluding hydrogens is 235 g/mol. The van der Waals surface area contributed by atoms with E-state index < -0.39 is 31.3 Å². The monoisotopic (exact) mass is 246 g/mol. The molecule has 0 saturated carbocycles. The van der Waals surface area contributed by atoms with E-state index >= 15 is 0 Å². The average Bonchev–Trinajstić information content (AvgIpc) is 2.76. The number of ether oxygens (including phenoxy) is 2. The molecular formula is C8H11BO8. The van der Waals surface area contributed by atoms with Gasteiger partial charge in [0.05, 0.1) is 20.3 Å². The minimum atomic E-state index is -1.41. The summed E-state index contributed by atoms with van der Waals surface area (Å²) < 4.78 is 23.0.